The summed E-state index contributed by atoms with van der Waals surface area (Å²) in [7, 11) is 0. The van der Waals surface area contributed by atoms with Gasteiger partial charge in [0.2, 0.25) is 11.8 Å². The Kier molecular flexibility index (Phi) is 8.37. The molecule has 1 saturated heterocycles. The van der Waals surface area contributed by atoms with Crippen LogP contribution in [0.2, 0.25) is 0 Å². The number of carbonyl (C=O) groups excluding carboxylic acids is 2. The first-order valence-electron chi connectivity index (χ1n) is 12.6. The highest BCUT2D eigenvalue weighted by Gasteiger charge is 2.34. The Bertz CT molecular complexity index is 994. The zero-order valence-electron chi connectivity index (χ0n) is 20.3. The smallest absolute Gasteiger partial charge is 0.236 e. The van der Waals surface area contributed by atoms with Crippen molar-refractivity contribution in [2.24, 2.45) is 0 Å². The van der Waals surface area contributed by atoms with Crippen LogP contribution < -0.4 is 0 Å². The molecule has 184 valence electrons. The Morgan fingerprint density at radius 1 is 1.09 bits per heavy atom. The molecular formula is C27H36FN3O2S. The molecule has 0 radical (unpaired) electrons. The minimum absolute atomic E-state index is 0.0280. The van der Waals surface area contributed by atoms with Crippen molar-refractivity contribution >= 4 is 23.2 Å². The van der Waals surface area contributed by atoms with Crippen LogP contribution in [0, 0.1) is 5.82 Å². The summed E-state index contributed by atoms with van der Waals surface area (Å²) in [5.74, 6) is 0.0419. The molecule has 3 heterocycles. The van der Waals surface area contributed by atoms with Crippen molar-refractivity contribution in [1.29, 1.82) is 0 Å². The first-order valence-corrected chi connectivity index (χ1v) is 13.5. The molecule has 2 aliphatic rings. The standard InChI is InChI=1S/C27H36FN3O2S/c1-3-4-5-6-10-25(32)31-15-14-29(18-20(31)2)26(33)19-30-13-11-24-23(12-16-34-24)27(30)21-8-7-9-22(28)17-21/h7-9,12,16-17,20,27H,3-6,10-11,13-15,18-19H2,1-2H3/t20-,27-/m0/s1. The van der Waals surface area contributed by atoms with Gasteiger partial charge in [-0.3, -0.25) is 14.5 Å². The van der Waals surface area contributed by atoms with Crippen LogP contribution in [0.4, 0.5) is 4.39 Å². The Labute approximate surface area is 206 Å². The summed E-state index contributed by atoms with van der Waals surface area (Å²) < 4.78 is 14.0. The van der Waals surface area contributed by atoms with E-state index >= 15 is 0 Å². The summed E-state index contributed by atoms with van der Waals surface area (Å²) in [6, 6.07) is 8.76. The van der Waals surface area contributed by atoms with Crippen molar-refractivity contribution in [3.8, 4) is 0 Å². The number of benzene rings is 1. The van der Waals surface area contributed by atoms with Crippen molar-refractivity contribution in [2.75, 3.05) is 32.7 Å². The SMILES string of the molecule is CCCCCCC(=O)N1CCN(C(=O)CN2CCc3sccc3[C@@H]2c2cccc(F)c2)C[C@@H]1C. The van der Waals surface area contributed by atoms with Crippen LogP contribution >= 0.6 is 11.3 Å². The molecule has 1 aromatic carbocycles. The lowest BCUT2D eigenvalue weighted by atomic mass is 9.93. The Morgan fingerprint density at radius 2 is 1.94 bits per heavy atom. The lowest BCUT2D eigenvalue weighted by molar-refractivity contribution is -0.143. The quantitative estimate of drug-likeness (QED) is 0.502. The van der Waals surface area contributed by atoms with E-state index in [0.717, 1.165) is 37.8 Å². The van der Waals surface area contributed by atoms with Crippen LogP contribution in [0.3, 0.4) is 0 Å². The number of hydrogen-bond donors (Lipinski definition) is 0. The van der Waals surface area contributed by atoms with E-state index < -0.39 is 0 Å². The van der Waals surface area contributed by atoms with Gasteiger partial charge in [0.05, 0.1) is 12.6 Å². The molecule has 2 atom stereocenters. The van der Waals surface area contributed by atoms with Crippen LogP contribution in [-0.2, 0) is 16.0 Å². The summed E-state index contributed by atoms with van der Waals surface area (Å²) in [5.41, 5.74) is 2.07. The van der Waals surface area contributed by atoms with Crippen molar-refractivity contribution < 1.29 is 14.0 Å². The van der Waals surface area contributed by atoms with Gasteiger partial charge in [-0.1, -0.05) is 38.3 Å². The normalized spacial score (nSPS) is 20.9. The minimum Gasteiger partial charge on any atom is -0.338 e. The number of hydrogen-bond acceptors (Lipinski definition) is 4. The molecule has 34 heavy (non-hydrogen) atoms. The first kappa shape index (κ1) is 24.9. The predicted octanol–water partition coefficient (Wildman–Crippen LogP) is 4.86. The van der Waals surface area contributed by atoms with Crippen LogP contribution in [0.5, 0.6) is 0 Å². The number of thiophene rings is 1. The van der Waals surface area contributed by atoms with Crippen LogP contribution in [0.15, 0.2) is 35.7 Å². The molecule has 0 bridgehead atoms. The molecule has 2 aromatic rings. The molecule has 7 heteroatoms. The van der Waals surface area contributed by atoms with Gasteiger partial charge in [0.1, 0.15) is 5.82 Å². The number of halogens is 1. The van der Waals surface area contributed by atoms with E-state index in [1.165, 1.54) is 22.9 Å². The third-order valence-corrected chi connectivity index (χ3v) is 8.11. The van der Waals surface area contributed by atoms with Gasteiger partial charge in [-0.25, -0.2) is 4.39 Å². The van der Waals surface area contributed by atoms with Gasteiger partial charge in [-0.05, 0) is 54.5 Å². The highest BCUT2D eigenvalue weighted by Crippen LogP contribution is 2.37. The Hall–Kier alpha value is -2.25. The monoisotopic (exact) mass is 485 g/mol. The molecule has 0 N–H and O–H groups in total. The molecule has 0 saturated carbocycles. The number of carbonyl (C=O) groups is 2. The zero-order chi connectivity index (χ0) is 24.1. The van der Waals surface area contributed by atoms with Gasteiger partial charge in [-0.15, -0.1) is 11.3 Å². The van der Waals surface area contributed by atoms with Crippen LogP contribution in [0.25, 0.3) is 0 Å². The molecule has 2 aliphatic heterocycles. The fourth-order valence-corrected chi connectivity index (χ4v) is 6.18. The maximum absolute atomic E-state index is 14.0. The fourth-order valence-electron chi connectivity index (χ4n) is 5.28. The van der Waals surface area contributed by atoms with Gasteiger partial charge < -0.3 is 9.80 Å². The second-order valence-electron chi connectivity index (χ2n) is 9.56. The number of amides is 2. The summed E-state index contributed by atoms with van der Waals surface area (Å²) >= 11 is 1.74. The van der Waals surface area contributed by atoms with Crippen molar-refractivity contribution in [3.05, 3.63) is 57.5 Å². The fraction of sp³-hybridized carbons (Fsp3) is 0.556. The maximum Gasteiger partial charge on any atom is 0.236 e. The van der Waals surface area contributed by atoms with Crippen LogP contribution in [-0.4, -0.2) is 65.3 Å². The lowest BCUT2D eigenvalue weighted by Gasteiger charge is -2.42. The third kappa shape index (κ3) is 5.69. The van der Waals surface area contributed by atoms with Gasteiger partial charge >= 0.3 is 0 Å². The molecule has 5 nitrogen and oxygen atoms in total. The molecule has 1 aromatic heterocycles. The van der Waals surface area contributed by atoms with E-state index in [-0.39, 0.29) is 29.7 Å². The number of fused-ring (bicyclic) bond motifs is 1. The molecule has 0 unspecified atom stereocenters. The van der Waals surface area contributed by atoms with Crippen LogP contribution in [0.1, 0.15) is 68.0 Å². The highest BCUT2D eigenvalue weighted by molar-refractivity contribution is 7.10. The largest absolute Gasteiger partial charge is 0.338 e. The topological polar surface area (TPSA) is 43.9 Å². The second kappa shape index (κ2) is 11.5. The summed E-state index contributed by atoms with van der Waals surface area (Å²) in [5, 5.41) is 2.09. The zero-order valence-corrected chi connectivity index (χ0v) is 21.2. The summed E-state index contributed by atoms with van der Waals surface area (Å²) in [6.07, 6.45) is 5.89. The number of unbranched alkanes of at least 4 members (excludes halogenated alkanes) is 3. The van der Waals surface area contributed by atoms with Gasteiger partial charge in [0, 0.05) is 43.5 Å². The van der Waals surface area contributed by atoms with E-state index in [0.29, 0.717) is 32.6 Å². The maximum atomic E-state index is 14.0. The highest BCUT2D eigenvalue weighted by atomic mass is 32.1. The van der Waals surface area contributed by atoms with E-state index in [1.54, 1.807) is 23.5 Å². The molecule has 0 spiro atoms. The first-order chi connectivity index (χ1) is 16.5. The van der Waals surface area contributed by atoms with Gasteiger partial charge in [0.25, 0.3) is 0 Å². The summed E-state index contributed by atoms with van der Waals surface area (Å²) in [6.45, 7) is 7.02. The summed E-state index contributed by atoms with van der Waals surface area (Å²) in [4.78, 5) is 33.4. The van der Waals surface area contributed by atoms with E-state index in [9.17, 15) is 14.0 Å². The second-order valence-corrected chi connectivity index (χ2v) is 10.6. The Morgan fingerprint density at radius 3 is 2.71 bits per heavy atom. The van der Waals surface area contributed by atoms with Gasteiger partial charge in [-0.2, -0.15) is 0 Å². The number of nitrogens with zero attached hydrogens (tertiary/aromatic N) is 3. The molecule has 2 amide bonds. The van der Waals surface area contributed by atoms with Crippen molar-refractivity contribution in [3.63, 3.8) is 0 Å². The average molecular weight is 486 g/mol. The van der Waals surface area contributed by atoms with Gasteiger partial charge in [0.15, 0.2) is 0 Å². The van der Waals surface area contributed by atoms with E-state index in [2.05, 4.69) is 23.3 Å². The van der Waals surface area contributed by atoms with Crippen molar-refractivity contribution in [1.82, 2.24) is 14.7 Å². The molecule has 4 rings (SSSR count). The molecule has 0 aliphatic carbocycles. The Balaban J connectivity index is 1.39. The minimum atomic E-state index is -0.254. The molecular weight excluding hydrogens is 449 g/mol. The van der Waals surface area contributed by atoms with E-state index in [1.807, 2.05) is 22.8 Å². The number of piperazine rings is 1. The number of rotatable bonds is 8. The average Bonchev–Trinajstić information content (AvgIpc) is 3.30. The lowest BCUT2D eigenvalue weighted by Crippen LogP contribution is -2.57. The third-order valence-electron chi connectivity index (χ3n) is 7.11. The molecule has 1 fully saturated rings. The van der Waals surface area contributed by atoms with Crippen molar-refractivity contribution in [2.45, 2.75) is 64.5 Å². The predicted molar refractivity (Wildman–Crippen MR) is 134 cm³/mol. The van der Waals surface area contributed by atoms with E-state index in [4.69, 9.17) is 0 Å².